The van der Waals surface area contributed by atoms with E-state index < -0.39 is 10.0 Å². The van der Waals surface area contributed by atoms with Crippen molar-refractivity contribution in [3.05, 3.63) is 47.8 Å². The van der Waals surface area contributed by atoms with Crippen LogP contribution in [0.4, 0.5) is 17.3 Å². The number of anilines is 3. The summed E-state index contributed by atoms with van der Waals surface area (Å²) < 4.78 is 25.2. The van der Waals surface area contributed by atoms with E-state index in [9.17, 15) is 18.5 Å². The Kier molecular flexibility index (Phi) is 8.49. The van der Waals surface area contributed by atoms with Gasteiger partial charge in [-0.25, -0.2) is 18.4 Å². The standard InChI is InChI=1S/C24H32N8O3S/c1-6-20-22(27-13-17-8-7-10-26-24(17)31(4)36(5,34)35)18(12-25)14-28-23(20)29-15-21(33)32-11-9-19(16-32)30(2)3/h6-8,10,14,19H,1,9,11,13,15-16H2,2-5H3,(H2,27,28,29). The number of sulfonamides is 1. The van der Waals surface area contributed by atoms with Crippen LogP contribution in [0.3, 0.4) is 0 Å². The second-order valence-electron chi connectivity index (χ2n) is 8.79. The van der Waals surface area contributed by atoms with Crippen molar-refractivity contribution in [3.63, 3.8) is 0 Å². The average molecular weight is 513 g/mol. The van der Waals surface area contributed by atoms with E-state index in [1.54, 1.807) is 18.2 Å². The molecule has 0 spiro atoms. The third-order valence-corrected chi connectivity index (χ3v) is 7.38. The lowest BCUT2D eigenvalue weighted by molar-refractivity contribution is -0.128. The normalized spacial score (nSPS) is 15.4. The van der Waals surface area contributed by atoms with E-state index in [1.807, 2.05) is 19.0 Å². The van der Waals surface area contributed by atoms with E-state index in [0.717, 1.165) is 17.0 Å². The largest absolute Gasteiger partial charge is 0.379 e. The molecule has 1 saturated heterocycles. The van der Waals surface area contributed by atoms with Crippen molar-refractivity contribution in [1.82, 2.24) is 19.8 Å². The molecule has 1 fully saturated rings. The van der Waals surface area contributed by atoms with Gasteiger partial charge in [0.15, 0.2) is 0 Å². The highest BCUT2D eigenvalue weighted by molar-refractivity contribution is 7.92. The van der Waals surface area contributed by atoms with E-state index in [-0.39, 0.29) is 30.4 Å². The molecule has 192 valence electrons. The smallest absolute Gasteiger partial charge is 0.241 e. The summed E-state index contributed by atoms with van der Waals surface area (Å²) in [4.78, 5) is 25.2. The van der Waals surface area contributed by atoms with Crippen molar-refractivity contribution >= 4 is 39.3 Å². The Morgan fingerprint density at radius 3 is 2.69 bits per heavy atom. The van der Waals surface area contributed by atoms with Crippen LogP contribution in [0, 0.1) is 11.3 Å². The lowest BCUT2D eigenvalue weighted by Gasteiger charge is -2.21. The zero-order valence-corrected chi connectivity index (χ0v) is 21.8. The van der Waals surface area contributed by atoms with Crippen LogP contribution in [0.2, 0.25) is 0 Å². The first-order valence-electron chi connectivity index (χ1n) is 11.4. The number of carbonyl (C=O) groups is 1. The number of aromatic nitrogens is 2. The molecular weight excluding hydrogens is 480 g/mol. The lowest BCUT2D eigenvalue weighted by atomic mass is 10.1. The fraction of sp³-hybridized carbons (Fsp3) is 0.417. The molecule has 1 aliphatic rings. The summed E-state index contributed by atoms with van der Waals surface area (Å²) >= 11 is 0. The highest BCUT2D eigenvalue weighted by Crippen LogP contribution is 2.29. The maximum absolute atomic E-state index is 12.8. The monoisotopic (exact) mass is 512 g/mol. The van der Waals surface area contributed by atoms with Crippen LogP contribution in [0.15, 0.2) is 31.1 Å². The first-order chi connectivity index (χ1) is 17.1. The van der Waals surface area contributed by atoms with Gasteiger partial charge in [-0.2, -0.15) is 5.26 Å². The Labute approximate surface area is 212 Å². The maximum Gasteiger partial charge on any atom is 0.241 e. The zero-order valence-electron chi connectivity index (χ0n) is 21.0. The van der Waals surface area contributed by atoms with E-state index in [2.05, 4.69) is 38.1 Å². The van der Waals surface area contributed by atoms with Crippen LogP contribution in [0.25, 0.3) is 6.08 Å². The minimum atomic E-state index is -3.51. The van der Waals surface area contributed by atoms with Crippen molar-refractivity contribution < 1.29 is 13.2 Å². The molecule has 2 aromatic heterocycles. The van der Waals surface area contributed by atoms with E-state index >= 15 is 0 Å². The fourth-order valence-electron chi connectivity index (χ4n) is 3.99. The highest BCUT2D eigenvalue weighted by Gasteiger charge is 2.27. The van der Waals surface area contributed by atoms with Crippen LogP contribution in [0.5, 0.6) is 0 Å². The summed E-state index contributed by atoms with van der Waals surface area (Å²) in [5, 5.41) is 16.0. The summed E-state index contributed by atoms with van der Waals surface area (Å²) in [6, 6.07) is 5.93. The fourth-order valence-corrected chi connectivity index (χ4v) is 4.47. The third-order valence-electron chi connectivity index (χ3n) is 6.21. The van der Waals surface area contributed by atoms with Gasteiger partial charge in [0.2, 0.25) is 15.9 Å². The van der Waals surface area contributed by atoms with E-state index in [1.165, 1.54) is 19.4 Å². The number of carbonyl (C=O) groups excluding carboxylic acids is 1. The molecule has 3 heterocycles. The van der Waals surface area contributed by atoms with Crippen LogP contribution < -0.4 is 14.9 Å². The Morgan fingerprint density at radius 1 is 1.33 bits per heavy atom. The quantitative estimate of drug-likeness (QED) is 0.486. The molecule has 2 N–H and O–H groups in total. The van der Waals surface area contributed by atoms with Crippen molar-refractivity contribution in [2.24, 2.45) is 0 Å². The molecule has 0 aromatic carbocycles. The number of pyridine rings is 2. The predicted octanol–water partition coefficient (Wildman–Crippen LogP) is 1.57. The molecule has 3 rings (SSSR count). The molecule has 12 heteroatoms. The number of nitrogens with one attached hydrogen (secondary N) is 2. The van der Waals surface area contributed by atoms with Gasteiger partial charge >= 0.3 is 0 Å². The van der Waals surface area contributed by atoms with Gasteiger partial charge < -0.3 is 20.4 Å². The Morgan fingerprint density at radius 2 is 2.08 bits per heavy atom. The Balaban J connectivity index is 1.80. The molecule has 0 bridgehead atoms. The molecule has 1 atom stereocenters. The molecule has 0 saturated carbocycles. The Hall–Kier alpha value is -3.69. The van der Waals surface area contributed by atoms with Gasteiger partial charge in [0.1, 0.15) is 17.7 Å². The number of rotatable bonds is 10. The van der Waals surface area contributed by atoms with E-state index in [4.69, 9.17) is 0 Å². The number of hydrogen-bond donors (Lipinski definition) is 2. The molecule has 11 nitrogen and oxygen atoms in total. The minimum absolute atomic E-state index is 0.0288. The molecule has 1 aliphatic heterocycles. The summed E-state index contributed by atoms with van der Waals surface area (Å²) in [6.45, 7) is 5.51. The van der Waals surface area contributed by atoms with Crippen molar-refractivity contribution in [3.8, 4) is 6.07 Å². The molecule has 36 heavy (non-hydrogen) atoms. The van der Waals surface area contributed by atoms with Crippen molar-refractivity contribution in [1.29, 1.82) is 5.26 Å². The lowest BCUT2D eigenvalue weighted by Crippen LogP contribution is -2.37. The molecule has 2 aromatic rings. The summed E-state index contributed by atoms with van der Waals surface area (Å²) in [6.07, 6.45) is 6.54. The topological polar surface area (TPSA) is 135 Å². The molecule has 1 amide bonds. The van der Waals surface area contributed by atoms with Crippen molar-refractivity contribution in [2.75, 3.05) is 62.0 Å². The van der Waals surface area contributed by atoms with Crippen LogP contribution in [-0.2, 0) is 21.4 Å². The van der Waals surface area contributed by atoms with Crippen molar-refractivity contribution in [2.45, 2.75) is 19.0 Å². The van der Waals surface area contributed by atoms with Gasteiger partial charge in [0.05, 0.1) is 24.1 Å². The number of nitrogens with zero attached hydrogens (tertiary/aromatic N) is 6. The first-order valence-corrected chi connectivity index (χ1v) is 13.3. The molecule has 1 unspecified atom stereocenters. The second kappa shape index (κ2) is 11.4. The summed E-state index contributed by atoms with van der Waals surface area (Å²) in [5.74, 6) is 0.674. The Bertz CT molecular complexity index is 1270. The van der Waals surface area contributed by atoms with Gasteiger partial charge in [0.25, 0.3) is 0 Å². The second-order valence-corrected chi connectivity index (χ2v) is 10.8. The van der Waals surface area contributed by atoms with E-state index in [0.29, 0.717) is 41.8 Å². The number of likely N-dealkylation sites (N-methyl/N-ethyl adjacent to an activating group) is 1. The van der Waals surface area contributed by atoms with Gasteiger partial charge in [0, 0.05) is 56.2 Å². The minimum Gasteiger partial charge on any atom is -0.379 e. The number of likely N-dealkylation sites (tertiary alicyclic amines) is 1. The number of nitriles is 1. The summed E-state index contributed by atoms with van der Waals surface area (Å²) in [7, 11) is 1.95. The highest BCUT2D eigenvalue weighted by atomic mass is 32.2. The zero-order chi connectivity index (χ0) is 26.5. The molecular formula is C24H32N8O3S. The molecule has 0 radical (unpaired) electrons. The van der Waals surface area contributed by atoms with Crippen LogP contribution in [0.1, 0.15) is 23.1 Å². The van der Waals surface area contributed by atoms with Gasteiger partial charge in [-0.05, 0) is 26.6 Å². The van der Waals surface area contributed by atoms with Gasteiger partial charge in [-0.3, -0.25) is 9.10 Å². The molecule has 0 aliphatic carbocycles. The van der Waals surface area contributed by atoms with Gasteiger partial charge in [-0.1, -0.05) is 18.7 Å². The SMILES string of the molecule is C=Cc1c(NCC(=O)N2CCC(N(C)C)C2)ncc(C#N)c1NCc1cccnc1N(C)S(C)(=O)=O. The predicted molar refractivity (Wildman–Crippen MR) is 141 cm³/mol. The first kappa shape index (κ1) is 26.9. The van der Waals surface area contributed by atoms with Crippen LogP contribution >= 0.6 is 0 Å². The number of hydrogen-bond acceptors (Lipinski definition) is 9. The average Bonchev–Trinajstić information content (AvgIpc) is 3.36. The third kappa shape index (κ3) is 6.10. The van der Waals surface area contributed by atoms with Crippen LogP contribution in [-0.4, -0.2) is 87.2 Å². The van der Waals surface area contributed by atoms with Gasteiger partial charge in [-0.15, -0.1) is 0 Å². The number of amides is 1. The summed E-state index contributed by atoms with van der Waals surface area (Å²) in [5.41, 5.74) is 1.92. The maximum atomic E-state index is 12.8.